The number of nitrogens with zero attached hydrogens (tertiary/aromatic N) is 4. The largest absolute Gasteiger partial charge is 0.444 e. The number of alkyl carbamates (subject to hydrolysis) is 1. The van der Waals surface area contributed by atoms with E-state index in [4.69, 9.17) is 14.0 Å². The number of fused-ring (bicyclic) bond motifs is 3. The number of hydrogen-bond acceptors (Lipinski definition) is 8. The molecule has 4 aliphatic rings. The smallest absolute Gasteiger partial charge is 0.413 e. The van der Waals surface area contributed by atoms with Crippen LogP contribution >= 0.6 is 0 Å². The average molecular weight is 537 g/mol. The minimum Gasteiger partial charge on any atom is -0.444 e. The number of piperidine rings is 1. The van der Waals surface area contributed by atoms with Gasteiger partial charge in [-0.15, -0.1) is 10.2 Å². The Kier molecular flexibility index (Phi) is 6.09. The molecule has 3 heterocycles. The third kappa shape index (κ3) is 5.07. The van der Waals surface area contributed by atoms with Gasteiger partial charge in [-0.3, -0.25) is 10.2 Å². The van der Waals surface area contributed by atoms with Crippen LogP contribution in [0.15, 0.2) is 47.1 Å². The van der Waals surface area contributed by atoms with Crippen molar-refractivity contribution in [3.05, 3.63) is 60.1 Å². The van der Waals surface area contributed by atoms with Crippen molar-refractivity contribution in [3.63, 3.8) is 0 Å². The SMILES string of the molecule is C=C(NCC1(c2nnc([C@@H]3CC4(CC4)[C@@H]4CN3C(=O)N4OCc3ccccc3)o2)CC1)NC(=O)OC(C)(C)C. The van der Waals surface area contributed by atoms with Crippen LogP contribution in [0.5, 0.6) is 0 Å². The average Bonchev–Trinajstić information content (AvgIpc) is 3.77. The normalized spacial score (nSPS) is 24.0. The number of carbonyl (C=O) groups excluding carboxylic acids is 2. The number of urea groups is 1. The first-order valence-corrected chi connectivity index (χ1v) is 13.6. The topological polar surface area (TPSA) is 122 Å². The highest BCUT2D eigenvalue weighted by atomic mass is 16.7. The molecule has 11 nitrogen and oxygen atoms in total. The number of amides is 3. The van der Waals surface area contributed by atoms with Crippen molar-refractivity contribution in [2.45, 2.75) is 82.6 Å². The summed E-state index contributed by atoms with van der Waals surface area (Å²) in [5, 5.41) is 16.2. The fourth-order valence-corrected chi connectivity index (χ4v) is 5.66. The second-order valence-electron chi connectivity index (χ2n) is 12.3. The zero-order valence-electron chi connectivity index (χ0n) is 22.7. The zero-order valence-corrected chi connectivity index (χ0v) is 22.7. The minimum absolute atomic E-state index is 0.0303. The lowest BCUT2D eigenvalue weighted by molar-refractivity contribution is -0.153. The monoisotopic (exact) mass is 536 g/mol. The lowest BCUT2D eigenvalue weighted by atomic mass is 9.85. The molecule has 6 rings (SSSR count). The van der Waals surface area contributed by atoms with Crippen molar-refractivity contribution >= 4 is 12.1 Å². The second-order valence-corrected chi connectivity index (χ2v) is 12.3. The molecular weight excluding hydrogens is 500 g/mol. The van der Waals surface area contributed by atoms with Crippen molar-refractivity contribution in [2.75, 3.05) is 13.1 Å². The molecule has 4 fully saturated rings. The maximum Gasteiger partial charge on any atom is 0.413 e. The first-order valence-electron chi connectivity index (χ1n) is 13.6. The quantitative estimate of drug-likeness (QED) is 0.490. The van der Waals surface area contributed by atoms with E-state index in [1.54, 1.807) is 25.8 Å². The summed E-state index contributed by atoms with van der Waals surface area (Å²) in [5.74, 6) is 1.37. The summed E-state index contributed by atoms with van der Waals surface area (Å²) in [7, 11) is 0. The molecule has 2 atom stereocenters. The summed E-state index contributed by atoms with van der Waals surface area (Å²) in [4.78, 5) is 33.4. The molecule has 2 aromatic rings. The summed E-state index contributed by atoms with van der Waals surface area (Å²) >= 11 is 0. The summed E-state index contributed by atoms with van der Waals surface area (Å²) in [6.45, 7) is 10.7. The highest BCUT2D eigenvalue weighted by molar-refractivity contribution is 5.77. The summed E-state index contributed by atoms with van der Waals surface area (Å²) in [5.41, 5.74) is 0.139. The standard InChI is InChI=1S/C28H36N6O5/c1-18(30-24(35)39-26(2,3)4)29-17-28(12-13-28)23-32-31-22(38-23)20-14-27(10-11-27)21-15-33(20)25(36)34(21)37-16-19-8-6-5-7-9-19/h5-9,20-21,29H,1,10-17H2,2-4H3,(H,30,35)/t20-,21-/m0/s1. The maximum atomic E-state index is 13.4. The van der Waals surface area contributed by atoms with Gasteiger partial charge in [-0.2, -0.15) is 5.06 Å². The van der Waals surface area contributed by atoms with Crippen LogP contribution in [-0.2, 0) is 21.6 Å². The van der Waals surface area contributed by atoms with Crippen LogP contribution in [0.3, 0.4) is 0 Å². The number of ether oxygens (including phenoxy) is 1. The Bertz CT molecular complexity index is 1260. The minimum atomic E-state index is -0.595. The van der Waals surface area contributed by atoms with E-state index in [2.05, 4.69) is 27.4 Å². The number of benzene rings is 1. The molecule has 2 aliphatic carbocycles. The Labute approximate surface area is 227 Å². The predicted octanol–water partition coefficient (Wildman–Crippen LogP) is 4.15. The third-order valence-corrected chi connectivity index (χ3v) is 8.20. The molecule has 208 valence electrons. The van der Waals surface area contributed by atoms with Crippen LogP contribution in [0.4, 0.5) is 9.59 Å². The Morgan fingerprint density at radius 1 is 1.18 bits per heavy atom. The summed E-state index contributed by atoms with van der Waals surface area (Å²) in [6, 6.07) is 9.51. The van der Waals surface area contributed by atoms with Crippen LogP contribution in [0.2, 0.25) is 0 Å². The van der Waals surface area contributed by atoms with Crippen LogP contribution < -0.4 is 10.6 Å². The number of rotatable bonds is 9. The second kappa shape index (κ2) is 9.25. The summed E-state index contributed by atoms with van der Waals surface area (Å²) < 4.78 is 11.5. The maximum absolute atomic E-state index is 13.4. The lowest BCUT2D eigenvalue weighted by Crippen LogP contribution is -2.42. The van der Waals surface area contributed by atoms with Crippen molar-refractivity contribution in [3.8, 4) is 0 Å². The first-order chi connectivity index (χ1) is 18.6. The molecule has 2 saturated carbocycles. The number of hydroxylamine groups is 2. The number of hydrogen-bond donors (Lipinski definition) is 2. The van der Waals surface area contributed by atoms with Crippen molar-refractivity contribution in [2.24, 2.45) is 5.41 Å². The van der Waals surface area contributed by atoms with E-state index >= 15 is 0 Å². The van der Waals surface area contributed by atoms with E-state index in [0.29, 0.717) is 37.3 Å². The Balaban J connectivity index is 1.10. The van der Waals surface area contributed by atoms with Gasteiger partial charge in [0.25, 0.3) is 0 Å². The zero-order chi connectivity index (χ0) is 27.4. The fraction of sp³-hybridized carbons (Fsp3) is 0.571. The molecule has 2 aliphatic heterocycles. The molecule has 3 amide bonds. The molecule has 1 aromatic heterocycles. The number of aromatic nitrogens is 2. The van der Waals surface area contributed by atoms with E-state index in [9.17, 15) is 9.59 Å². The first kappa shape index (κ1) is 25.7. The molecule has 1 aromatic carbocycles. The highest BCUT2D eigenvalue weighted by Gasteiger charge is 2.64. The van der Waals surface area contributed by atoms with Crippen molar-refractivity contribution < 1.29 is 23.6 Å². The molecule has 1 spiro atoms. The van der Waals surface area contributed by atoms with Gasteiger partial charge in [0.15, 0.2) is 0 Å². The predicted molar refractivity (Wildman–Crippen MR) is 140 cm³/mol. The van der Waals surface area contributed by atoms with Gasteiger partial charge in [-0.05, 0) is 63.9 Å². The van der Waals surface area contributed by atoms with Gasteiger partial charge < -0.3 is 19.4 Å². The van der Waals surface area contributed by atoms with Gasteiger partial charge in [-0.25, -0.2) is 9.59 Å². The van der Waals surface area contributed by atoms with Crippen molar-refractivity contribution in [1.29, 1.82) is 0 Å². The van der Waals surface area contributed by atoms with E-state index in [0.717, 1.165) is 37.7 Å². The van der Waals surface area contributed by atoms with Gasteiger partial charge in [0.2, 0.25) is 11.8 Å². The Morgan fingerprint density at radius 3 is 2.59 bits per heavy atom. The van der Waals surface area contributed by atoms with Crippen LogP contribution in [0.1, 0.15) is 76.3 Å². The molecule has 39 heavy (non-hydrogen) atoms. The number of nitrogens with one attached hydrogen (secondary N) is 2. The Hall–Kier alpha value is -3.60. The van der Waals surface area contributed by atoms with Gasteiger partial charge in [0.05, 0.1) is 11.5 Å². The molecule has 2 bridgehead atoms. The third-order valence-electron chi connectivity index (χ3n) is 8.20. The lowest BCUT2D eigenvalue weighted by Gasteiger charge is -2.35. The molecule has 11 heteroatoms. The van der Waals surface area contributed by atoms with E-state index < -0.39 is 11.7 Å². The van der Waals surface area contributed by atoms with Gasteiger partial charge >= 0.3 is 12.1 Å². The molecule has 2 saturated heterocycles. The van der Waals surface area contributed by atoms with Crippen LogP contribution in [-0.4, -0.2) is 57.0 Å². The van der Waals surface area contributed by atoms with Gasteiger partial charge in [0, 0.05) is 13.1 Å². The van der Waals surface area contributed by atoms with Crippen molar-refractivity contribution in [1.82, 2.24) is 30.8 Å². The molecular formula is C28H36N6O5. The van der Waals surface area contributed by atoms with E-state index in [1.807, 2.05) is 35.2 Å². The fourth-order valence-electron chi connectivity index (χ4n) is 5.66. The molecule has 0 unspecified atom stereocenters. The number of carbonyl (C=O) groups is 2. The highest BCUT2D eigenvalue weighted by Crippen LogP contribution is 2.62. The summed E-state index contributed by atoms with van der Waals surface area (Å²) in [6.07, 6.45) is 4.10. The molecule has 0 radical (unpaired) electrons. The van der Waals surface area contributed by atoms with Crippen LogP contribution in [0, 0.1) is 5.41 Å². The van der Waals surface area contributed by atoms with Gasteiger partial charge in [-0.1, -0.05) is 36.9 Å². The molecule has 2 N–H and O–H groups in total. The van der Waals surface area contributed by atoms with E-state index in [1.165, 1.54) is 0 Å². The Morgan fingerprint density at radius 2 is 1.92 bits per heavy atom. The van der Waals surface area contributed by atoms with E-state index in [-0.39, 0.29) is 28.9 Å². The van der Waals surface area contributed by atoms with Crippen LogP contribution in [0.25, 0.3) is 0 Å². The van der Waals surface area contributed by atoms with Gasteiger partial charge in [0.1, 0.15) is 24.1 Å².